The number of aromatic nitrogens is 3. The molecular weight excluding hydrogens is 312 g/mol. The van der Waals surface area contributed by atoms with Crippen LogP contribution in [-0.4, -0.2) is 20.4 Å². The first-order chi connectivity index (χ1) is 11.3. The van der Waals surface area contributed by atoms with E-state index < -0.39 is 0 Å². The summed E-state index contributed by atoms with van der Waals surface area (Å²) in [5.74, 6) is 0.538. The molecule has 0 unspecified atom stereocenters. The first-order valence-corrected chi connectivity index (χ1v) is 7.87. The van der Waals surface area contributed by atoms with Crippen LogP contribution in [0.25, 0.3) is 22.5 Å². The van der Waals surface area contributed by atoms with Crippen molar-refractivity contribution in [2.45, 2.75) is 6.54 Å². The lowest BCUT2D eigenvalue weighted by Gasteiger charge is -2.04. The van der Waals surface area contributed by atoms with E-state index in [1.807, 2.05) is 40.3 Å². The highest BCUT2D eigenvalue weighted by Gasteiger charge is 2.11. The quantitative estimate of drug-likeness (QED) is 0.624. The molecule has 0 aliphatic rings. The number of anilines is 1. The van der Waals surface area contributed by atoms with Crippen molar-refractivity contribution in [3.63, 3.8) is 0 Å². The SMILES string of the molecule is O=C(Cn1cnc2ccccc21)Nc1nc(-c2ccco2)cs1. The monoisotopic (exact) mass is 324 g/mol. The highest BCUT2D eigenvalue weighted by Crippen LogP contribution is 2.25. The van der Waals surface area contributed by atoms with Crippen molar-refractivity contribution in [2.24, 2.45) is 0 Å². The summed E-state index contributed by atoms with van der Waals surface area (Å²) in [6, 6.07) is 11.3. The Labute approximate surface area is 135 Å². The van der Waals surface area contributed by atoms with Crippen LogP contribution in [0.1, 0.15) is 0 Å². The second kappa shape index (κ2) is 5.69. The smallest absolute Gasteiger partial charge is 0.246 e. The molecule has 0 saturated heterocycles. The molecule has 0 aliphatic heterocycles. The van der Waals surface area contributed by atoms with E-state index >= 15 is 0 Å². The predicted octanol–water partition coefficient (Wildman–Crippen LogP) is 3.39. The van der Waals surface area contributed by atoms with E-state index in [4.69, 9.17) is 4.42 Å². The van der Waals surface area contributed by atoms with Crippen molar-refractivity contribution in [3.8, 4) is 11.5 Å². The number of rotatable bonds is 4. The van der Waals surface area contributed by atoms with Gasteiger partial charge in [0, 0.05) is 5.38 Å². The van der Waals surface area contributed by atoms with Crippen LogP contribution in [0.15, 0.2) is 58.8 Å². The first-order valence-electron chi connectivity index (χ1n) is 6.99. The molecule has 4 rings (SSSR count). The second-order valence-electron chi connectivity index (χ2n) is 4.92. The van der Waals surface area contributed by atoms with Gasteiger partial charge in [-0.1, -0.05) is 12.1 Å². The van der Waals surface area contributed by atoms with Crippen LogP contribution in [0.2, 0.25) is 0 Å². The minimum absolute atomic E-state index is 0.145. The number of nitrogens with one attached hydrogen (secondary N) is 1. The Kier molecular flexibility index (Phi) is 3.39. The maximum Gasteiger partial charge on any atom is 0.246 e. The van der Waals surface area contributed by atoms with E-state index in [1.165, 1.54) is 11.3 Å². The van der Waals surface area contributed by atoms with Gasteiger partial charge in [0.25, 0.3) is 0 Å². The number of hydrogen-bond donors (Lipinski definition) is 1. The molecule has 0 spiro atoms. The van der Waals surface area contributed by atoms with E-state index in [2.05, 4.69) is 15.3 Å². The van der Waals surface area contributed by atoms with Gasteiger partial charge in [0.1, 0.15) is 12.2 Å². The molecule has 0 atom stereocenters. The summed E-state index contributed by atoms with van der Waals surface area (Å²) < 4.78 is 7.10. The summed E-state index contributed by atoms with van der Waals surface area (Å²) in [7, 11) is 0. The summed E-state index contributed by atoms with van der Waals surface area (Å²) in [4.78, 5) is 20.8. The van der Waals surface area contributed by atoms with Crippen molar-refractivity contribution in [3.05, 3.63) is 54.4 Å². The summed E-state index contributed by atoms with van der Waals surface area (Å²) in [5, 5.41) is 5.20. The van der Waals surface area contributed by atoms with E-state index in [0.717, 1.165) is 11.0 Å². The molecule has 0 saturated carbocycles. The third-order valence-electron chi connectivity index (χ3n) is 3.37. The number of imidazole rings is 1. The van der Waals surface area contributed by atoms with Gasteiger partial charge in [0.2, 0.25) is 5.91 Å². The number of thiazole rings is 1. The molecule has 3 heterocycles. The number of carbonyl (C=O) groups excluding carboxylic acids is 1. The van der Waals surface area contributed by atoms with Crippen LogP contribution in [0.3, 0.4) is 0 Å². The zero-order valence-corrected chi connectivity index (χ0v) is 12.8. The van der Waals surface area contributed by atoms with Gasteiger partial charge in [-0.2, -0.15) is 0 Å². The summed E-state index contributed by atoms with van der Waals surface area (Å²) in [6.45, 7) is 0.191. The van der Waals surface area contributed by atoms with Crippen LogP contribution in [-0.2, 0) is 11.3 Å². The summed E-state index contributed by atoms with van der Waals surface area (Å²) in [6.07, 6.45) is 3.26. The zero-order valence-electron chi connectivity index (χ0n) is 12.0. The molecule has 114 valence electrons. The lowest BCUT2D eigenvalue weighted by atomic mass is 10.3. The number of carbonyl (C=O) groups is 1. The number of fused-ring (bicyclic) bond motifs is 1. The van der Waals surface area contributed by atoms with Crippen molar-refractivity contribution >= 4 is 33.4 Å². The fraction of sp³-hybridized carbons (Fsp3) is 0.0625. The van der Waals surface area contributed by atoms with Crippen LogP contribution in [0, 0.1) is 0 Å². The number of benzene rings is 1. The van der Waals surface area contributed by atoms with Gasteiger partial charge in [0.05, 0.1) is 23.6 Å². The second-order valence-corrected chi connectivity index (χ2v) is 5.78. The number of hydrogen-bond acceptors (Lipinski definition) is 5. The van der Waals surface area contributed by atoms with Gasteiger partial charge >= 0.3 is 0 Å². The van der Waals surface area contributed by atoms with E-state index in [0.29, 0.717) is 16.6 Å². The minimum Gasteiger partial charge on any atom is -0.463 e. The molecule has 1 aromatic carbocycles. The maximum absolute atomic E-state index is 12.2. The lowest BCUT2D eigenvalue weighted by molar-refractivity contribution is -0.116. The Morgan fingerprint density at radius 3 is 3.04 bits per heavy atom. The fourth-order valence-electron chi connectivity index (χ4n) is 2.32. The maximum atomic E-state index is 12.2. The molecule has 7 heteroatoms. The standard InChI is InChI=1S/C16H12N4O2S/c21-15(8-20-10-17-11-4-1-2-5-13(11)20)19-16-18-12(9-23-16)14-6-3-7-22-14/h1-7,9-10H,8H2,(H,18,19,21). The highest BCUT2D eigenvalue weighted by molar-refractivity contribution is 7.14. The summed E-state index contributed by atoms with van der Waals surface area (Å²) in [5.41, 5.74) is 2.51. The molecule has 0 aliphatic carbocycles. The molecule has 6 nitrogen and oxygen atoms in total. The Bertz CT molecular complexity index is 955. The highest BCUT2D eigenvalue weighted by atomic mass is 32.1. The molecule has 1 amide bonds. The number of amides is 1. The van der Waals surface area contributed by atoms with E-state index in [9.17, 15) is 4.79 Å². The van der Waals surface area contributed by atoms with Gasteiger partial charge in [-0.15, -0.1) is 11.3 Å². The number of furan rings is 1. The Balaban J connectivity index is 1.48. The molecule has 3 aromatic heterocycles. The minimum atomic E-state index is -0.145. The Morgan fingerprint density at radius 2 is 2.17 bits per heavy atom. The molecule has 1 N–H and O–H groups in total. The third kappa shape index (κ3) is 2.74. The van der Waals surface area contributed by atoms with Crippen LogP contribution in [0.5, 0.6) is 0 Å². The number of para-hydroxylation sites is 2. The van der Waals surface area contributed by atoms with Crippen LogP contribution in [0.4, 0.5) is 5.13 Å². The van der Waals surface area contributed by atoms with Crippen molar-refractivity contribution in [2.75, 3.05) is 5.32 Å². The van der Waals surface area contributed by atoms with Gasteiger partial charge in [-0.3, -0.25) is 4.79 Å². The zero-order chi connectivity index (χ0) is 15.6. The molecule has 0 fully saturated rings. The molecule has 4 aromatic rings. The van der Waals surface area contributed by atoms with Crippen LogP contribution >= 0.6 is 11.3 Å². The topological polar surface area (TPSA) is 73.0 Å². The summed E-state index contributed by atoms with van der Waals surface area (Å²) >= 11 is 1.36. The van der Waals surface area contributed by atoms with Gasteiger partial charge in [-0.05, 0) is 24.3 Å². The van der Waals surface area contributed by atoms with Gasteiger partial charge in [-0.25, -0.2) is 9.97 Å². The fourth-order valence-corrected chi connectivity index (χ4v) is 3.03. The molecular formula is C16H12N4O2S. The average molecular weight is 324 g/mol. The Morgan fingerprint density at radius 1 is 1.26 bits per heavy atom. The van der Waals surface area contributed by atoms with Crippen molar-refractivity contribution in [1.82, 2.24) is 14.5 Å². The van der Waals surface area contributed by atoms with Crippen LogP contribution < -0.4 is 5.32 Å². The van der Waals surface area contributed by atoms with Gasteiger partial charge in [0.15, 0.2) is 10.9 Å². The van der Waals surface area contributed by atoms with Crippen molar-refractivity contribution < 1.29 is 9.21 Å². The number of nitrogens with zero attached hydrogens (tertiary/aromatic N) is 3. The Hall–Kier alpha value is -2.93. The molecule has 0 radical (unpaired) electrons. The first kappa shape index (κ1) is 13.7. The third-order valence-corrected chi connectivity index (χ3v) is 4.12. The van der Waals surface area contributed by atoms with Gasteiger partial charge < -0.3 is 14.3 Å². The van der Waals surface area contributed by atoms with E-state index in [1.54, 1.807) is 18.7 Å². The van der Waals surface area contributed by atoms with E-state index in [-0.39, 0.29) is 12.5 Å². The molecule has 23 heavy (non-hydrogen) atoms. The molecule has 0 bridgehead atoms. The van der Waals surface area contributed by atoms with Crippen molar-refractivity contribution in [1.29, 1.82) is 0 Å². The lowest BCUT2D eigenvalue weighted by Crippen LogP contribution is -2.18. The predicted molar refractivity (Wildman–Crippen MR) is 88.2 cm³/mol. The average Bonchev–Trinajstić information content (AvgIpc) is 3.27. The largest absolute Gasteiger partial charge is 0.463 e. The normalized spacial score (nSPS) is 11.0.